The summed E-state index contributed by atoms with van der Waals surface area (Å²) in [5.74, 6) is 1.75. The van der Waals surface area contributed by atoms with Gasteiger partial charge in [0.05, 0.1) is 19.9 Å². The van der Waals surface area contributed by atoms with Crippen LogP contribution < -0.4 is 9.47 Å². The van der Waals surface area contributed by atoms with E-state index in [9.17, 15) is 4.79 Å². The van der Waals surface area contributed by atoms with E-state index in [1.807, 2.05) is 60.4 Å². The predicted octanol–water partition coefficient (Wildman–Crippen LogP) is 4.09. The molecule has 1 saturated heterocycles. The Morgan fingerprint density at radius 2 is 1.77 bits per heavy atom. The number of nitrogens with zero attached hydrogens (tertiary/aromatic N) is 3. The molecule has 0 unspecified atom stereocenters. The number of thiazole rings is 1. The summed E-state index contributed by atoms with van der Waals surface area (Å²) in [4.78, 5) is 22.8. The molecule has 6 nitrogen and oxygen atoms in total. The fraction of sp³-hybridized carbons (Fsp3) is 0.333. The van der Waals surface area contributed by atoms with Gasteiger partial charge in [-0.2, -0.15) is 0 Å². The van der Waals surface area contributed by atoms with E-state index in [4.69, 9.17) is 9.47 Å². The number of aromatic nitrogens is 1. The Labute approximate surface area is 187 Å². The first-order valence-corrected chi connectivity index (χ1v) is 11.2. The number of carbonyl (C=O) groups excluding carboxylic acids is 1. The lowest BCUT2D eigenvalue weighted by atomic mass is 10.1. The second-order valence-electron chi connectivity index (χ2n) is 7.55. The molecule has 1 aliphatic heterocycles. The molecule has 0 N–H and O–H groups in total. The van der Waals surface area contributed by atoms with Crippen molar-refractivity contribution in [1.82, 2.24) is 14.8 Å². The van der Waals surface area contributed by atoms with Gasteiger partial charge in [-0.05, 0) is 25.1 Å². The van der Waals surface area contributed by atoms with Crippen molar-refractivity contribution in [2.75, 3.05) is 40.4 Å². The molecule has 162 valence electrons. The van der Waals surface area contributed by atoms with E-state index in [1.54, 1.807) is 14.2 Å². The van der Waals surface area contributed by atoms with Crippen LogP contribution in [0.4, 0.5) is 0 Å². The van der Waals surface area contributed by atoms with Crippen LogP contribution in [-0.2, 0) is 6.54 Å². The summed E-state index contributed by atoms with van der Waals surface area (Å²) in [7, 11) is 3.35. The van der Waals surface area contributed by atoms with Crippen molar-refractivity contribution in [2.24, 2.45) is 0 Å². The first-order valence-electron chi connectivity index (χ1n) is 10.3. The van der Waals surface area contributed by atoms with Gasteiger partial charge < -0.3 is 14.4 Å². The van der Waals surface area contributed by atoms with Gasteiger partial charge in [-0.25, -0.2) is 4.98 Å². The highest BCUT2D eigenvalue weighted by molar-refractivity contribution is 7.17. The maximum atomic E-state index is 13.2. The van der Waals surface area contributed by atoms with E-state index >= 15 is 0 Å². The molecule has 0 spiro atoms. The van der Waals surface area contributed by atoms with Crippen LogP contribution >= 0.6 is 11.3 Å². The SMILES string of the molecule is COc1ccc(OC)c(CN2CCN(C(=O)c3sc(-c4ccccc4)nc3C)CC2)c1. The Hall–Kier alpha value is -2.90. The van der Waals surface area contributed by atoms with Gasteiger partial charge in [0.25, 0.3) is 5.91 Å². The molecule has 3 aromatic rings. The third-order valence-electron chi connectivity index (χ3n) is 5.55. The number of carbonyl (C=O) groups is 1. The number of hydrogen-bond donors (Lipinski definition) is 0. The quantitative estimate of drug-likeness (QED) is 0.581. The lowest BCUT2D eigenvalue weighted by Crippen LogP contribution is -2.48. The van der Waals surface area contributed by atoms with Crippen molar-refractivity contribution in [1.29, 1.82) is 0 Å². The van der Waals surface area contributed by atoms with Gasteiger partial charge in [-0.15, -0.1) is 11.3 Å². The van der Waals surface area contributed by atoms with Gasteiger partial charge in [0, 0.05) is 43.9 Å². The Kier molecular flexibility index (Phi) is 6.53. The van der Waals surface area contributed by atoms with E-state index in [0.717, 1.165) is 57.8 Å². The van der Waals surface area contributed by atoms with Crippen LogP contribution in [0.15, 0.2) is 48.5 Å². The number of piperazine rings is 1. The zero-order valence-corrected chi connectivity index (χ0v) is 18.9. The number of rotatable bonds is 6. The molecule has 0 radical (unpaired) electrons. The van der Waals surface area contributed by atoms with Gasteiger partial charge in [0.2, 0.25) is 0 Å². The monoisotopic (exact) mass is 437 g/mol. The summed E-state index contributed by atoms with van der Waals surface area (Å²) in [6.45, 7) is 5.71. The molecule has 1 amide bonds. The fourth-order valence-electron chi connectivity index (χ4n) is 3.80. The number of ether oxygens (including phenoxy) is 2. The van der Waals surface area contributed by atoms with Crippen LogP contribution in [0.3, 0.4) is 0 Å². The molecular weight excluding hydrogens is 410 g/mol. The van der Waals surface area contributed by atoms with Crippen LogP contribution in [-0.4, -0.2) is 61.1 Å². The Morgan fingerprint density at radius 1 is 1.03 bits per heavy atom. The molecular formula is C24H27N3O3S. The zero-order valence-electron chi connectivity index (χ0n) is 18.1. The highest BCUT2D eigenvalue weighted by Gasteiger charge is 2.26. The number of benzene rings is 2. The zero-order chi connectivity index (χ0) is 21.8. The van der Waals surface area contributed by atoms with E-state index in [1.165, 1.54) is 11.3 Å². The second kappa shape index (κ2) is 9.49. The van der Waals surface area contributed by atoms with E-state index < -0.39 is 0 Å². The number of aryl methyl sites for hydroxylation is 1. The van der Waals surface area contributed by atoms with Gasteiger partial charge in [0.15, 0.2) is 0 Å². The van der Waals surface area contributed by atoms with Crippen molar-refractivity contribution in [3.63, 3.8) is 0 Å². The Morgan fingerprint density at radius 3 is 2.45 bits per heavy atom. The minimum Gasteiger partial charge on any atom is -0.497 e. The van der Waals surface area contributed by atoms with Crippen molar-refractivity contribution in [2.45, 2.75) is 13.5 Å². The van der Waals surface area contributed by atoms with Crippen molar-refractivity contribution >= 4 is 17.2 Å². The summed E-state index contributed by atoms with van der Waals surface area (Å²) < 4.78 is 10.9. The van der Waals surface area contributed by atoms with E-state index in [-0.39, 0.29) is 5.91 Å². The summed E-state index contributed by atoms with van der Waals surface area (Å²) in [6, 6.07) is 15.9. The number of amides is 1. The third-order valence-corrected chi connectivity index (χ3v) is 6.75. The third kappa shape index (κ3) is 4.73. The van der Waals surface area contributed by atoms with Crippen molar-refractivity contribution < 1.29 is 14.3 Å². The minimum absolute atomic E-state index is 0.0794. The Balaban J connectivity index is 1.40. The van der Waals surface area contributed by atoms with Gasteiger partial charge >= 0.3 is 0 Å². The van der Waals surface area contributed by atoms with Crippen LogP contribution in [0.1, 0.15) is 20.9 Å². The molecule has 4 rings (SSSR count). The summed E-state index contributed by atoms with van der Waals surface area (Å²) in [5.41, 5.74) is 2.94. The minimum atomic E-state index is 0.0794. The number of methoxy groups -OCH3 is 2. The highest BCUT2D eigenvalue weighted by Crippen LogP contribution is 2.29. The molecule has 2 aromatic carbocycles. The molecule has 1 aliphatic rings. The van der Waals surface area contributed by atoms with Gasteiger partial charge in [-0.3, -0.25) is 9.69 Å². The average molecular weight is 438 g/mol. The maximum absolute atomic E-state index is 13.2. The van der Waals surface area contributed by atoms with E-state index in [2.05, 4.69) is 9.88 Å². The molecule has 0 atom stereocenters. The lowest BCUT2D eigenvalue weighted by molar-refractivity contribution is 0.0631. The summed E-state index contributed by atoms with van der Waals surface area (Å²) >= 11 is 1.48. The van der Waals surface area contributed by atoms with Crippen LogP contribution in [0, 0.1) is 6.92 Å². The molecule has 1 fully saturated rings. The standard InChI is InChI=1S/C24H27N3O3S/c1-17-22(31-23(25-17)18-7-5-4-6-8-18)24(28)27-13-11-26(12-14-27)16-19-15-20(29-2)9-10-21(19)30-3/h4-10,15H,11-14,16H2,1-3H3. The lowest BCUT2D eigenvalue weighted by Gasteiger charge is -2.34. The van der Waals surface area contributed by atoms with Crippen LogP contribution in [0.2, 0.25) is 0 Å². The smallest absolute Gasteiger partial charge is 0.265 e. The summed E-state index contributed by atoms with van der Waals surface area (Å²) in [5, 5.41) is 0.894. The van der Waals surface area contributed by atoms with E-state index in [0.29, 0.717) is 13.1 Å². The van der Waals surface area contributed by atoms with Crippen LogP contribution in [0.5, 0.6) is 11.5 Å². The molecule has 0 aliphatic carbocycles. The second-order valence-corrected chi connectivity index (χ2v) is 8.54. The highest BCUT2D eigenvalue weighted by atomic mass is 32.1. The average Bonchev–Trinajstić information content (AvgIpc) is 3.21. The Bertz CT molecular complexity index is 1040. The summed E-state index contributed by atoms with van der Waals surface area (Å²) in [6.07, 6.45) is 0. The molecule has 7 heteroatoms. The topological polar surface area (TPSA) is 54.9 Å². The van der Waals surface area contributed by atoms with Gasteiger partial charge in [0.1, 0.15) is 21.4 Å². The van der Waals surface area contributed by atoms with Crippen LogP contribution in [0.25, 0.3) is 10.6 Å². The number of hydrogen-bond acceptors (Lipinski definition) is 6. The predicted molar refractivity (Wildman–Crippen MR) is 123 cm³/mol. The molecule has 2 heterocycles. The first-order chi connectivity index (χ1) is 15.1. The van der Waals surface area contributed by atoms with Crippen molar-refractivity contribution in [3.05, 3.63) is 64.7 Å². The van der Waals surface area contributed by atoms with Crippen molar-refractivity contribution in [3.8, 4) is 22.1 Å². The first kappa shape index (κ1) is 21.3. The largest absolute Gasteiger partial charge is 0.497 e. The normalized spacial score (nSPS) is 14.5. The maximum Gasteiger partial charge on any atom is 0.265 e. The molecule has 1 aromatic heterocycles. The molecule has 0 saturated carbocycles. The molecule has 0 bridgehead atoms. The fourth-order valence-corrected chi connectivity index (χ4v) is 4.84. The van der Waals surface area contributed by atoms with Gasteiger partial charge in [-0.1, -0.05) is 30.3 Å². The molecule has 31 heavy (non-hydrogen) atoms.